The minimum absolute atomic E-state index is 0.149. The summed E-state index contributed by atoms with van der Waals surface area (Å²) in [5.74, 6) is 1.41. The van der Waals surface area contributed by atoms with Gasteiger partial charge in [-0.15, -0.1) is 0 Å². The lowest BCUT2D eigenvalue weighted by Gasteiger charge is -2.39. The van der Waals surface area contributed by atoms with E-state index in [1.54, 1.807) is 7.11 Å². The topological polar surface area (TPSA) is 45.6 Å². The third-order valence-electron chi connectivity index (χ3n) is 6.08. The zero-order valence-electron chi connectivity index (χ0n) is 18.2. The predicted octanol–water partition coefficient (Wildman–Crippen LogP) is 5.45. The molecule has 4 nitrogen and oxygen atoms in total. The van der Waals surface area contributed by atoms with Gasteiger partial charge in [0.1, 0.15) is 5.75 Å². The van der Waals surface area contributed by atoms with E-state index in [2.05, 4.69) is 30.9 Å². The van der Waals surface area contributed by atoms with Gasteiger partial charge in [-0.2, -0.15) is 0 Å². The van der Waals surface area contributed by atoms with Crippen LogP contribution in [0.5, 0.6) is 5.75 Å². The quantitative estimate of drug-likeness (QED) is 0.593. The molecule has 0 spiro atoms. The third-order valence-corrected chi connectivity index (χ3v) is 6.08. The van der Waals surface area contributed by atoms with Crippen LogP contribution < -0.4 is 4.74 Å². The number of hydrogen-bond donors (Lipinski definition) is 1. The second-order valence-electron chi connectivity index (χ2n) is 8.74. The van der Waals surface area contributed by atoms with Crippen molar-refractivity contribution in [2.24, 2.45) is 5.92 Å². The number of methoxy groups -OCH3 is 1. The van der Waals surface area contributed by atoms with Gasteiger partial charge in [-0.05, 0) is 67.3 Å². The highest BCUT2D eigenvalue weighted by molar-refractivity contribution is 5.85. The number of pyridine rings is 1. The summed E-state index contributed by atoms with van der Waals surface area (Å²) in [4.78, 5) is 7.38. The Balaban J connectivity index is 1.76. The van der Waals surface area contributed by atoms with Crippen LogP contribution >= 0.6 is 0 Å². The molecule has 4 heteroatoms. The average Bonchev–Trinajstić information content (AvgIpc) is 2.78. The van der Waals surface area contributed by atoms with Gasteiger partial charge in [0.2, 0.25) is 0 Å². The van der Waals surface area contributed by atoms with E-state index in [1.165, 1.54) is 12.8 Å². The maximum atomic E-state index is 11.6. The molecule has 1 fully saturated rings. The van der Waals surface area contributed by atoms with Crippen LogP contribution in [0.25, 0.3) is 22.2 Å². The van der Waals surface area contributed by atoms with Gasteiger partial charge in [0, 0.05) is 23.5 Å². The summed E-state index contributed by atoms with van der Waals surface area (Å²) < 4.78 is 5.29. The van der Waals surface area contributed by atoms with Crippen molar-refractivity contribution >= 4 is 10.9 Å². The summed E-state index contributed by atoms with van der Waals surface area (Å²) in [5, 5.41) is 12.6. The Morgan fingerprint density at radius 3 is 2.60 bits per heavy atom. The Kier molecular flexibility index (Phi) is 6.35. The third kappa shape index (κ3) is 4.35. The number of ether oxygens (including phenoxy) is 1. The van der Waals surface area contributed by atoms with Crippen molar-refractivity contribution in [1.82, 2.24) is 9.88 Å². The van der Waals surface area contributed by atoms with E-state index in [-0.39, 0.29) is 6.04 Å². The minimum Gasteiger partial charge on any atom is -0.497 e. The number of piperidine rings is 1. The largest absolute Gasteiger partial charge is 0.497 e. The molecule has 2 unspecified atom stereocenters. The molecule has 0 saturated carbocycles. The lowest BCUT2D eigenvalue weighted by molar-refractivity contribution is 0.0196. The van der Waals surface area contributed by atoms with Crippen molar-refractivity contribution in [2.75, 3.05) is 20.2 Å². The maximum Gasteiger partial charge on any atom is 0.118 e. The second kappa shape index (κ2) is 9.15. The first-order valence-corrected chi connectivity index (χ1v) is 11.0. The van der Waals surface area contributed by atoms with E-state index in [0.29, 0.717) is 5.92 Å². The zero-order valence-corrected chi connectivity index (χ0v) is 18.2. The first-order valence-electron chi connectivity index (χ1n) is 11.0. The Hall–Kier alpha value is -2.43. The smallest absolute Gasteiger partial charge is 0.118 e. The van der Waals surface area contributed by atoms with Crippen LogP contribution in [-0.4, -0.2) is 41.2 Å². The van der Waals surface area contributed by atoms with Gasteiger partial charge in [0.25, 0.3) is 0 Å². The monoisotopic (exact) mass is 404 g/mol. The number of para-hydroxylation sites is 1. The molecule has 1 saturated heterocycles. The minimum atomic E-state index is -0.533. The van der Waals surface area contributed by atoms with Crippen molar-refractivity contribution in [3.8, 4) is 17.0 Å². The molecule has 158 valence electrons. The predicted molar refractivity (Wildman–Crippen MR) is 123 cm³/mol. The standard InChI is InChI=1S/C26H32N2O2/c1-18(2)17-28-15-7-6-10-25(28)26(29)22-16-24(19-11-13-20(30-3)14-12-19)27-23-9-5-4-8-21(22)23/h4-5,8-9,11-14,16,18,25-26,29H,6-7,10,15,17H2,1-3H3. The second-order valence-corrected chi connectivity index (χ2v) is 8.74. The number of benzene rings is 2. The molecule has 3 aromatic rings. The Labute approximate surface area is 179 Å². The summed E-state index contributed by atoms with van der Waals surface area (Å²) in [7, 11) is 1.67. The Morgan fingerprint density at radius 2 is 1.87 bits per heavy atom. The molecule has 0 aliphatic carbocycles. The van der Waals surface area contributed by atoms with Crippen LogP contribution in [0.15, 0.2) is 54.6 Å². The highest BCUT2D eigenvalue weighted by atomic mass is 16.5. The van der Waals surface area contributed by atoms with E-state index in [4.69, 9.17) is 9.72 Å². The molecule has 2 aromatic carbocycles. The SMILES string of the molecule is COc1ccc(-c2cc(C(O)C3CCCCN3CC(C)C)c3ccccc3n2)cc1. The van der Waals surface area contributed by atoms with Gasteiger partial charge in [-0.1, -0.05) is 38.5 Å². The van der Waals surface area contributed by atoms with E-state index in [1.807, 2.05) is 42.5 Å². The van der Waals surface area contributed by atoms with Gasteiger partial charge in [-0.3, -0.25) is 4.90 Å². The molecular weight excluding hydrogens is 372 g/mol. The molecule has 2 atom stereocenters. The number of aliphatic hydroxyl groups is 1. The van der Waals surface area contributed by atoms with Crippen LogP contribution in [0.1, 0.15) is 44.8 Å². The first-order chi connectivity index (χ1) is 14.6. The van der Waals surface area contributed by atoms with Crippen molar-refractivity contribution < 1.29 is 9.84 Å². The Morgan fingerprint density at radius 1 is 1.10 bits per heavy atom. The summed E-state index contributed by atoms with van der Waals surface area (Å²) in [6.07, 6.45) is 2.88. The van der Waals surface area contributed by atoms with E-state index in [9.17, 15) is 5.11 Å². The van der Waals surface area contributed by atoms with E-state index in [0.717, 1.165) is 53.0 Å². The van der Waals surface area contributed by atoms with E-state index >= 15 is 0 Å². The lowest BCUT2D eigenvalue weighted by Crippen LogP contribution is -2.45. The fraction of sp³-hybridized carbons (Fsp3) is 0.423. The van der Waals surface area contributed by atoms with Gasteiger partial charge in [-0.25, -0.2) is 4.98 Å². The van der Waals surface area contributed by atoms with Gasteiger partial charge in [0.15, 0.2) is 0 Å². The maximum absolute atomic E-state index is 11.6. The summed E-state index contributed by atoms with van der Waals surface area (Å²) in [5.41, 5.74) is 3.81. The van der Waals surface area contributed by atoms with E-state index < -0.39 is 6.10 Å². The van der Waals surface area contributed by atoms with Crippen molar-refractivity contribution in [3.63, 3.8) is 0 Å². The molecule has 2 heterocycles. The summed E-state index contributed by atoms with van der Waals surface area (Å²) in [6, 6.07) is 18.3. The fourth-order valence-corrected chi connectivity index (χ4v) is 4.63. The zero-order chi connectivity index (χ0) is 21.1. The molecule has 1 aromatic heterocycles. The number of hydrogen-bond acceptors (Lipinski definition) is 4. The summed E-state index contributed by atoms with van der Waals surface area (Å²) in [6.45, 7) is 6.59. The van der Waals surface area contributed by atoms with Gasteiger partial charge >= 0.3 is 0 Å². The van der Waals surface area contributed by atoms with Crippen LogP contribution in [0.4, 0.5) is 0 Å². The van der Waals surface area contributed by atoms with Crippen LogP contribution in [-0.2, 0) is 0 Å². The average molecular weight is 405 g/mol. The number of rotatable bonds is 6. The van der Waals surface area contributed by atoms with Crippen LogP contribution in [0, 0.1) is 5.92 Å². The highest BCUT2D eigenvalue weighted by Crippen LogP contribution is 2.35. The molecule has 4 rings (SSSR count). The van der Waals surface area contributed by atoms with Gasteiger partial charge < -0.3 is 9.84 Å². The normalized spacial score (nSPS) is 18.6. The van der Waals surface area contributed by atoms with Crippen LogP contribution in [0.3, 0.4) is 0 Å². The first kappa shape index (κ1) is 20.8. The molecule has 30 heavy (non-hydrogen) atoms. The molecule has 0 bridgehead atoms. The van der Waals surface area contributed by atoms with Gasteiger partial charge in [0.05, 0.1) is 24.4 Å². The molecule has 1 aliphatic heterocycles. The summed E-state index contributed by atoms with van der Waals surface area (Å²) >= 11 is 0. The number of aliphatic hydroxyl groups excluding tert-OH is 1. The molecule has 1 N–H and O–H groups in total. The molecule has 0 radical (unpaired) electrons. The number of nitrogens with zero attached hydrogens (tertiary/aromatic N) is 2. The van der Waals surface area contributed by atoms with Crippen molar-refractivity contribution in [1.29, 1.82) is 0 Å². The van der Waals surface area contributed by atoms with Crippen molar-refractivity contribution in [2.45, 2.75) is 45.3 Å². The van der Waals surface area contributed by atoms with Crippen LogP contribution in [0.2, 0.25) is 0 Å². The number of aromatic nitrogens is 1. The number of fused-ring (bicyclic) bond motifs is 1. The molecule has 1 aliphatic rings. The Bertz CT molecular complexity index is 984. The molecule has 0 amide bonds. The number of likely N-dealkylation sites (tertiary alicyclic amines) is 1. The fourth-order valence-electron chi connectivity index (χ4n) is 4.63. The highest BCUT2D eigenvalue weighted by Gasteiger charge is 2.31. The lowest BCUT2D eigenvalue weighted by atomic mass is 9.90. The molecular formula is C26H32N2O2. The van der Waals surface area contributed by atoms with Crippen molar-refractivity contribution in [3.05, 3.63) is 60.2 Å².